The molecular weight excluding hydrogens is 606 g/mol. The van der Waals surface area contributed by atoms with Crippen LogP contribution in [0.3, 0.4) is 0 Å². The highest BCUT2D eigenvalue weighted by Crippen LogP contribution is 2.38. The lowest BCUT2D eigenvalue weighted by Gasteiger charge is -2.29. The predicted octanol–water partition coefficient (Wildman–Crippen LogP) is 9.15. The Labute approximate surface area is 285 Å². The zero-order valence-electron chi connectivity index (χ0n) is 28.3. The second-order valence-electron chi connectivity index (χ2n) is 11.9. The number of hydrogen-bond donors (Lipinski definition) is 1. The first kappa shape index (κ1) is 37.7. The van der Waals surface area contributed by atoms with Crippen LogP contribution < -0.4 is 14.2 Å². The molecule has 3 aromatic carbocycles. The first-order valence-corrected chi connectivity index (χ1v) is 16.9. The summed E-state index contributed by atoms with van der Waals surface area (Å²) in [4.78, 5) is 33.7. The third-order valence-electron chi connectivity index (χ3n) is 8.46. The van der Waals surface area contributed by atoms with Crippen LogP contribution in [0.25, 0.3) is 0 Å². The van der Waals surface area contributed by atoms with Crippen molar-refractivity contribution < 1.29 is 33.3 Å². The smallest absolute Gasteiger partial charge is 0.343 e. The molecule has 0 unspecified atom stereocenters. The Bertz CT molecular complexity index is 1440. The quantitative estimate of drug-likeness (QED) is 0.0385. The summed E-state index contributed by atoms with van der Waals surface area (Å²) in [6.07, 6.45) is 14.9. The van der Waals surface area contributed by atoms with Crippen molar-refractivity contribution in [2.24, 2.45) is 5.92 Å². The lowest BCUT2D eigenvalue weighted by atomic mass is 9.77. The molecular formula is C40H49NO7. The minimum atomic E-state index is -0.479. The van der Waals surface area contributed by atoms with Crippen LogP contribution in [0, 0.1) is 11.3 Å². The van der Waals surface area contributed by atoms with Gasteiger partial charge < -0.3 is 24.4 Å². The molecule has 8 heteroatoms. The number of methoxy groups -OCH3 is 1. The van der Waals surface area contributed by atoms with E-state index in [0.717, 1.165) is 55.3 Å². The van der Waals surface area contributed by atoms with Crippen molar-refractivity contribution in [1.29, 1.82) is 5.41 Å². The standard InChI is InChI=1S/C23H24O6.C17H25NO/c1-2-22(25)28-16-6-4-3-5-15-27-20-13-9-19(10-14-20)23(26)29-21-11-7-18(17-24)8-12-21;1-3-4-13-5-7-14(8-6-13)15-9-10-17(19-2)16(11-15)12-18/h2,7-14,17H,1,3-6,15-16H2;9-14,18H,3-8H2,1-2H3. The van der Waals surface area contributed by atoms with E-state index in [9.17, 15) is 14.4 Å². The van der Waals surface area contributed by atoms with Crippen LogP contribution >= 0.6 is 0 Å². The molecule has 0 spiro atoms. The van der Waals surface area contributed by atoms with Crippen molar-refractivity contribution in [3.63, 3.8) is 0 Å². The monoisotopic (exact) mass is 655 g/mol. The van der Waals surface area contributed by atoms with Crippen molar-refractivity contribution in [1.82, 2.24) is 0 Å². The number of nitrogens with one attached hydrogen (secondary N) is 1. The summed E-state index contributed by atoms with van der Waals surface area (Å²) in [5.74, 6) is 2.61. The Morgan fingerprint density at radius 3 is 2.15 bits per heavy atom. The number of benzene rings is 3. The van der Waals surface area contributed by atoms with E-state index in [1.165, 1.54) is 50.3 Å². The fraction of sp³-hybridized carbons (Fsp3) is 0.400. The summed E-state index contributed by atoms with van der Waals surface area (Å²) >= 11 is 0. The summed E-state index contributed by atoms with van der Waals surface area (Å²) in [5.41, 5.74) is 3.21. The average molecular weight is 656 g/mol. The summed E-state index contributed by atoms with van der Waals surface area (Å²) in [6, 6.07) is 19.4. The van der Waals surface area contributed by atoms with Crippen molar-refractivity contribution >= 4 is 24.4 Å². The summed E-state index contributed by atoms with van der Waals surface area (Å²) < 4.78 is 21.1. The largest absolute Gasteiger partial charge is 0.496 e. The lowest BCUT2D eigenvalue weighted by Crippen LogP contribution is -2.13. The zero-order chi connectivity index (χ0) is 34.6. The van der Waals surface area contributed by atoms with Gasteiger partial charge in [0.1, 0.15) is 23.5 Å². The zero-order valence-corrected chi connectivity index (χ0v) is 28.3. The highest BCUT2D eigenvalue weighted by molar-refractivity contribution is 5.91. The van der Waals surface area contributed by atoms with E-state index in [0.29, 0.717) is 41.8 Å². The molecule has 48 heavy (non-hydrogen) atoms. The van der Waals surface area contributed by atoms with Crippen LogP contribution in [0.1, 0.15) is 109 Å². The van der Waals surface area contributed by atoms with Crippen LogP contribution in [-0.2, 0) is 9.53 Å². The average Bonchev–Trinajstić information content (AvgIpc) is 3.13. The highest BCUT2D eigenvalue weighted by Gasteiger charge is 2.22. The lowest BCUT2D eigenvalue weighted by molar-refractivity contribution is -0.137. The van der Waals surface area contributed by atoms with E-state index in [4.69, 9.17) is 24.4 Å². The minimum absolute atomic E-state index is 0.375. The van der Waals surface area contributed by atoms with Gasteiger partial charge in [-0.25, -0.2) is 9.59 Å². The molecule has 1 aliphatic carbocycles. The maximum absolute atomic E-state index is 12.2. The Kier molecular flexibility index (Phi) is 16.7. The number of hydrogen-bond acceptors (Lipinski definition) is 8. The Morgan fingerprint density at radius 1 is 0.875 bits per heavy atom. The Hall–Kier alpha value is -4.72. The molecule has 0 atom stereocenters. The van der Waals surface area contributed by atoms with Gasteiger partial charge in [0.05, 0.1) is 25.9 Å². The van der Waals surface area contributed by atoms with Gasteiger partial charge in [-0.15, -0.1) is 0 Å². The van der Waals surface area contributed by atoms with E-state index >= 15 is 0 Å². The molecule has 0 aromatic heterocycles. The molecule has 0 bridgehead atoms. The first-order valence-electron chi connectivity index (χ1n) is 16.9. The maximum Gasteiger partial charge on any atom is 0.343 e. The van der Waals surface area contributed by atoms with Crippen LogP contribution in [0.15, 0.2) is 79.4 Å². The van der Waals surface area contributed by atoms with Crippen LogP contribution in [-0.4, -0.2) is 44.8 Å². The Morgan fingerprint density at radius 2 is 1.54 bits per heavy atom. The molecule has 0 amide bonds. The molecule has 1 saturated carbocycles. The second-order valence-corrected chi connectivity index (χ2v) is 11.9. The highest BCUT2D eigenvalue weighted by atomic mass is 16.5. The van der Waals surface area contributed by atoms with Gasteiger partial charge in [-0.05, 0) is 129 Å². The van der Waals surface area contributed by atoms with E-state index in [1.54, 1.807) is 55.6 Å². The number of rotatable bonds is 17. The van der Waals surface area contributed by atoms with E-state index in [1.807, 2.05) is 6.07 Å². The summed E-state index contributed by atoms with van der Waals surface area (Å²) in [6.45, 7) is 6.60. The van der Waals surface area contributed by atoms with E-state index in [-0.39, 0.29) is 0 Å². The molecule has 0 saturated heterocycles. The number of unbranched alkanes of at least 4 members (excludes halogenated alkanes) is 3. The number of esters is 2. The van der Waals surface area contributed by atoms with E-state index < -0.39 is 11.9 Å². The molecule has 0 radical (unpaired) electrons. The number of carbonyl (C=O) groups excluding carboxylic acids is 3. The molecule has 0 heterocycles. The third kappa shape index (κ3) is 12.8. The molecule has 0 aliphatic heterocycles. The van der Waals surface area contributed by atoms with Gasteiger partial charge in [-0.1, -0.05) is 32.4 Å². The Balaban J connectivity index is 0.000000284. The second kappa shape index (κ2) is 21.2. The molecule has 8 nitrogen and oxygen atoms in total. The molecule has 1 fully saturated rings. The normalized spacial score (nSPS) is 15.2. The SMILES string of the molecule is C=CC(=O)OCCCCCCOc1ccc(C(=O)Oc2ccc(C=O)cc2)cc1.CCCC1CCC(c2ccc(OC)c(C=N)c2)CC1. The number of ether oxygens (including phenoxy) is 4. The minimum Gasteiger partial charge on any atom is -0.496 e. The molecule has 256 valence electrons. The topological polar surface area (TPSA) is 112 Å². The van der Waals surface area contributed by atoms with Crippen molar-refractivity contribution in [3.8, 4) is 17.2 Å². The number of carbonyl (C=O) groups is 3. The van der Waals surface area contributed by atoms with Crippen molar-refractivity contribution in [2.75, 3.05) is 20.3 Å². The van der Waals surface area contributed by atoms with Crippen molar-refractivity contribution in [3.05, 3.63) is 102 Å². The van der Waals surface area contributed by atoms with Gasteiger partial charge in [0, 0.05) is 23.4 Å². The van der Waals surface area contributed by atoms with Gasteiger partial charge >= 0.3 is 11.9 Å². The number of aldehydes is 1. The predicted molar refractivity (Wildman–Crippen MR) is 189 cm³/mol. The van der Waals surface area contributed by atoms with Crippen LogP contribution in [0.5, 0.6) is 17.2 Å². The van der Waals surface area contributed by atoms with Crippen molar-refractivity contribution in [2.45, 2.75) is 77.0 Å². The summed E-state index contributed by atoms with van der Waals surface area (Å²) in [7, 11) is 1.66. The fourth-order valence-electron chi connectivity index (χ4n) is 5.76. The fourth-order valence-corrected chi connectivity index (χ4v) is 5.76. The van der Waals surface area contributed by atoms with Gasteiger partial charge in [0.15, 0.2) is 0 Å². The van der Waals surface area contributed by atoms with E-state index in [2.05, 4.69) is 25.6 Å². The molecule has 4 rings (SSSR count). The molecule has 1 N–H and O–H groups in total. The summed E-state index contributed by atoms with van der Waals surface area (Å²) in [5, 5.41) is 7.48. The van der Waals surface area contributed by atoms with Gasteiger partial charge in [-0.2, -0.15) is 0 Å². The van der Waals surface area contributed by atoms with Gasteiger partial charge in [-0.3, -0.25) is 4.79 Å². The van der Waals surface area contributed by atoms with Crippen LogP contribution in [0.2, 0.25) is 0 Å². The maximum atomic E-state index is 12.2. The van der Waals surface area contributed by atoms with Gasteiger partial charge in [0.25, 0.3) is 0 Å². The third-order valence-corrected chi connectivity index (χ3v) is 8.46. The molecule has 1 aliphatic rings. The van der Waals surface area contributed by atoms with Gasteiger partial charge in [0.2, 0.25) is 0 Å². The molecule has 3 aromatic rings. The van der Waals surface area contributed by atoms with Crippen LogP contribution in [0.4, 0.5) is 0 Å². The first-order chi connectivity index (χ1) is 23.4.